The van der Waals surface area contributed by atoms with Crippen LogP contribution in [-0.2, 0) is 4.79 Å². The van der Waals surface area contributed by atoms with Crippen LogP contribution in [0.3, 0.4) is 0 Å². The molecule has 0 radical (unpaired) electrons. The molecule has 0 saturated carbocycles. The van der Waals surface area contributed by atoms with Crippen molar-refractivity contribution in [2.45, 2.75) is 24.3 Å². The van der Waals surface area contributed by atoms with Gasteiger partial charge in [0.25, 0.3) is 11.1 Å². The second-order valence-corrected chi connectivity index (χ2v) is 6.67. The molecule has 0 bridgehead atoms. The largest absolute Gasteiger partial charge is 0.410 e. The number of amides is 1. The van der Waals surface area contributed by atoms with Gasteiger partial charge in [-0.05, 0) is 25.3 Å². The van der Waals surface area contributed by atoms with E-state index in [1.807, 2.05) is 17.5 Å². The van der Waals surface area contributed by atoms with Crippen molar-refractivity contribution in [3.8, 4) is 10.8 Å². The van der Waals surface area contributed by atoms with Crippen molar-refractivity contribution < 1.29 is 13.7 Å². The standard InChI is InChI=1S/C13H12N4O3S2/c1-7-6-10(20-17-7)14-11(18)8(2)22-13-16-15-12(19-13)9-4-3-5-21-9/h3-6,8H,1-2H3,(H,14,18)/t8-/m1/s1. The second-order valence-electron chi connectivity index (χ2n) is 4.43. The summed E-state index contributed by atoms with van der Waals surface area (Å²) < 4.78 is 10.5. The number of hydrogen-bond donors (Lipinski definition) is 1. The molecule has 114 valence electrons. The lowest BCUT2D eigenvalue weighted by Crippen LogP contribution is -2.22. The SMILES string of the molecule is Cc1cc(NC(=O)[C@@H](C)Sc2nnc(-c3cccs3)o2)on1. The number of aryl methyl sites for hydroxylation is 1. The van der Waals surface area contributed by atoms with Gasteiger partial charge in [0.15, 0.2) is 0 Å². The van der Waals surface area contributed by atoms with Gasteiger partial charge in [-0.25, -0.2) is 0 Å². The Kier molecular flexibility index (Phi) is 4.25. The van der Waals surface area contributed by atoms with E-state index in [1.165, 1.54) is 23.1 Å². The quantitative estimate of drug-likeness (QED) is 0.715. The highest BCUT2D eigenvalue weighted by atomic mass is 32.2. The minimum Gasteiger partial charge on any atom is -0.410 e. The number of carbonyl (C=O) groups excluding carboxylic acids is 1. The summed E-state index contributed by atoms with van der Waals surface area (Å²) in [5.41, 5.74) is 0.702. The maximum atomic E-state index is 12.1. The molecule has 1 amide bonds. The number of nitrogens with zero attached hydrogens (tertiary/aromatic N) is 3. The zero-order chi connectivity index (χ0) is 15.5. The Morgan fingerprint density at radius 2 is 2.32 bits per heavy atom. The molecule has 0 saturated heterocycles. The second kappa shape index (κ2) is 6.32. The molecule has 7 nitrogen and oxygen atoms in total. The fraction of sp³-hybridized carbons (Fsp3) is 0.231. The Bertz CT molecular complexity index is 766. The molecule has 0 fully saturated rings. The molecule has 9 heteroatoms. The maximum Gasteiger partial charge on any atom is 0.277 e. The molecule has 1 N–H and O–H groups in total. The van der Waals surface area contributed by atoms with Crippen molar-refractivity contribution in [2.24, 2.45) is 0 Å². The first kappa shape index (κ1) is 14.8. The third-order valence-corrected chi connectivity index (χ3v) is 4.45. The third kappa shape index (κ3) is 3.37. The monoisotopic (exact) mass is 336 g/mol. The van der Waals surface area contributed by atoms with Crippen LogP contribution in [0.15, 0.2) is 37.7 Å². The molecule has 0 aliphatic carbocycles. The van der Waals surface area contributed by atoms with Crippen molar-refractivity contribution in [1.82, 2.24) is 15.4 Å². The first-order chi connectivity index (χ1) is 10.6. The molecule has 1 atom stereocenters. The van der Waals surface area contributed by atoms with Crippen LogP contribution in [0.5, 0.6) is 0 Å². The normalized spacial score (nSPS) is 12.3. The molecule has 22 heavy (non-hydrogen) atoms. The van der Waals surface area contributed by atoms with E-state index >= 15 is 0 Å². The van der Waals surface area contributed by atoms with Crippen molar-refractivity contribution in [3.05, 3.63) is 29.3 Å². The third-order valence-electron chi connectivity index (χ3n) is 2.66. The van der Waals surface area contributed by atoms with E-state index in [4.69, 9.17) is 8.94 Å². The summed E-state index contributed by atoms with van der Waals surface area (Å²) in [6.07, 6.45) is 0. The highest BCUT2D eigenvalue weighted by Crippen LogP contribution is 2.28. The number of aromatic nitrogens is 3. The van der Waals surface area contributed by atoms with Gasteiger partial charge >= 0.3 is 0 Å². The number of hydrogen-bond acceptors (Lipinski definition) is 8. The van der Waals surface area contributed by atoms with Gasteiger partial charge in [0.1, 0.15) is 0 Å². The van der Waals surface area contributed by atoms with Gasteiger partial charge in [-0.15, -0.1) is 21.5 Å². The van der Waals surface area contributed by atoms with E-state index in [9.17, 15) is 4.79 Å². The van der Waals surface area contributed by atoms with Crippen LogP contribution in [0.4, 0.5) is 5.88 Å². The predicted octanol–water partition coefficient (Wildman–Crippen LogP) is 3.21. The Morgan fingerprint density at radius 1 is 1.45 bits per heavy atom. The number of thiophene rings is 1. The fourth-order valence-corrected chi connectivity index (χ4v) is 2.94. The lowest BCUT2D eigenvalue weighted by Gasteiger charge is -2.06. The van der Waals surface area contributed by atoms with Crippen LogP contribution in [0.25, 0.3) is 10.8 Å². The molecule has 0 aliphatic rings. The van der Waals surface area contributed by atoms with Crippen molar-refractivity contribution >= 4 is 34.9 Å². The summed E-state index contributed by atoms with van der Waals surface area (Å²) >= 11 is 2.70. The van der Waals surface area contributed by atoms with Crippen LogP contribution < -0.4 is 5.32 Å². The first-order valence-corrected chi connectivity index (χ1v) is 8.16. The average molecular weight is 336 g/mol. The molecule has 0 aliphatic heterocycles. The van der Waals surface area contributed by atoms with Crippen LogP contribution in [0, 0.1) is 6.92 Å². The summed E-state index contributed by atoms with van der Waals surface area (Å²) in [4.78, 5) is 13.0. The van der Waals surface area contributed by atoms with E-state index in [-0.39, 0.29) is 5.91 Å². The van der Waals surface area contributed by atoms with Crippen molar-refractivity contribution in [1.29, 1.82) is 0 Å². The highest BCUT2D eigenvalue weighted by molar-refractivity contribution is 8.00. The van der Waals surface area contributed by atoms with Gasteiger partial charge in [0.05, 0.1) is 15.8 Å². The molecule has 3 aromatic rings. The topological polar surface area (TPSA) is 94.1 Å². The number of rotatable bonds is 5. The Hall–Kier alpha value is -2.13. The first-order valence-electron chi connectivity index (χ1n) is 6.40. The molecule has 3 rings (SSSR count). The summed E-state index contributed by atoms with van der Waals surface area (Å²) in [7, 11) is 0. The average Bonchev–Trinajstić information content (AvgIpc) is 3.20. The number of thioether (sulfide) groups is 1. The van der Waals surface area contributed by atoms with Crippen molar-refractivity contribution in [3.63, 3.8) is 0 Å². The Morgan fingerprint density at radius 3 is 3.00 bits per heavy atom. The van der Waals surface area contributed by atoms with Crippen LogP contribution >= 0.6 is 23.1 Å². The number of carbonyl (C=O) groups is 1. The summed E-state index contributed by atoms with van der Waals surface area (Å²) in [6, 6.07) is 5.46. The summed E-state index contributed by atoms with van der Waals surface area (Å²) in [5, 5.41) is 16.1. The zero-order valence-electron chi connectivity index (χ0n) is 11.8. The molecule has 0 unspecified atom stereocenters. The van der Waals surface area contributed by atoms with E-state index in [0.717, 1.165) is 4.88 Å². The lowest BCUT2D eigenvalue weighted by molar-refractivity contribution is -0.115. The minimum absolute atomic E-state index is 0.225. The van der Waals surface area contributed by atoms with Crippen LogP contribution in [0.1, 0.15) is 12.6 Å². The lowest BCUT2D eigenvalue weighted by atomic mass is 10.4. The van der Waals surface area contributed by atoms with E-state index in [2.05, 4.69) is 20.7 Å². The minimum atomic E-state index is -0.415. The smallest absolute Gasteiger partial charge is 0.277 e. The summed E-state index contributed by atoms with van der Waals surface area (Å²) in [6.45, 7) is 3.53. The molecular formula is C13H12N4O3S2. The van der Waals surface area contributed by atoms with E-state index in [0.29, 0.717) is 22.7 Å². The van der Waals surface area contributed by atoms with Gasteiger partial charge in [-0.3, -0.25) is 10.1 Å². The molecular weight excluding hydrogens is 324 g/mol. The molecule has 3 aromatic heterocycles. The highest BCUT2D eigenvalue weighted by Gasteiger charge is 2.20. The number of nitrogens with one attached hydrogen (secondary N) is 1. The van der Waals surface area contributed by atoms with Crippen molar-refractivity contribution in [2.75, 3.05) is 5.32 Å². The van der Waals surface area contributed by atoms with Gasteiger partial charge < -0.3 is 8.94 Å². The van der Waals surface area contributed by atoms with Gasteiger partial charge in [0, 0.05) is 6.07 Å². The molecule has 0 aromatic carbocycles. The van der Waals surface area contributed by atoms with Gasteiger partial charge in [-0.2, -0.15) is 0 Å². The van der Waals surface area contributed by atoms with E-state index in [1.54, 1.807) is 19.9 Å². The number of anilines is 1. The molecule has 3 heterocycles. The maximum absolute atomic E-state index is 12.1. The Balaban J connectivity index is 1.61. The Labute approximate surface area is 134 Å². The van der Waals surface area contributed by atoms with Gasteiger partial charge in [0.2, 0.25) is 11.8 Å². The van der Waals surface area contributed by atoms with Crippen LogP contribution in [0.2, 0.25) is 0 Å². The molecule has 0 spiro atoms. The zero-order valence-corrected chi connectivity index (χ0v) is 13.4. The van der Waals surface area contributed by atoms with Gasteiger partial charge in [-0.1, -0.05) is 23.0 Å². The predicted molar refractivity (Wildman–Crippen MR) is 82.8 cm³/mol. The summed E-state index contributed by atoms with van der Waals surface area (Å²) in [5.74, 6) is 0.549. The van der Waals surface area contributed by atoms with Crippen LogP contribution in [-0.4, -0.2) is 26.5 Å². The fourth-order valence-electron chi connectivity index (χ4n) is 1.61. The van der Waals surface area contributed by atoms with E-state index < -0.39 is 5.25 Å².